The molecule has 4 aromatic carbocycles. The van der Waals surface area contributed by atoms with Crippen LogP contribution in [0.25, 0.3) is 21.5 Å². The summed E-state index contributed by atoms with van der Waals surface area (Å²) in [5, 5.41) is 14.5. The van der Waals surface area contributed by atoms with Crippen molar-refractivity contribution in [3.05, 3.63) is 109 Å². The molecule has 4 atom stereocenters. The van der Waals surface area contributed by atoms with Gasteiger partial charge in [0.15, 0.2) is 0 Å². The number of nitrogens with one attached hydrogen (secondary N) is 2. The molecule has 54 heavy (non-hydrogen) atoms. The largest absolute Gasteiger partial charge is 0.344 e. The van der Waals surface area contributed by atoms with E-state index in [0.717, 1.165) is 32.7 Å². The Balaban J connectivity index is 1.30. The van der Waals surface area contributed by atoms with Crippen molar-refractivity contribution in [3.63, 3.8) is 0 Å². The van der Waals surface area contributed by atoms with Gasteiger partial charge in [0.05, 0.1) is 0 Å². The number of nitrogens with zero attached hydrogens (tertiary/aromatic N) is 5. The van der Waals surface area contributed by atoms with E-state index in [1.54, 1.807) is 11.0 Å². The molecule has 11 nitrogen and oxygen atoms in total. The van der Waals surface area contributed by atoms with Gasteiger partial charge in [-0.1, -0.05) is 98.8 Å². The van der Waals surface area contributed by atoms with Crippen molar-refractivity contribution in [1.82, 2.24) is 35.2 Å². The number of hydrogen-bond acceptors (Lipinski definition) is 6. The first-order valence-corrected chi connectivity index (χ1v) is 19.0. The molecule has 282 valence electrons. The lowest BCUT2D eigenvalue weighted by Gasteiger charge is -2.48. The molecule has 1 fully saturated rings. The second-order valence-corrected chi connectivity index (χ2v) is 15.0. The van der Waals surface area contributed by atoms with Crippen LogP contribution in [0.2, 0.25) is 0 Å². The topological polar surface area (TPSA) is 130 Å². The number of aromatic nitrogens is 3. The van der Waals surface area contributed by atoms with Gasteiger partial charge >= 0.3 is 0 Å². The number of carbonyl (C=O) groups excluding carboxylic acids is 4. The smallest absolute Gasteiger partial charge is 0.245 e. The van der Waals surface area contributed by atoms with E-state index in [2.05, 4.69) is 46.7 Å². The van der Waals surface area contributed by atoms with Crippen LogP contribution < -0.4 is 10.6 Å². The third-order valence-corrected chi connectivity index (χ3v) is 10.3. The number of amides is 4. The van der Waals surface area contributed by atoms with Crippen molar-refractivity contribution >= 4 is 45.2 Å². The average molecular weight is 730 g/mol. The van der Waals surface area contributed by atoms with E-state index in [0.29, 0.717) is 51.7 Å². The minimum absolute atomic E-state index is 0.160. The Kier molecular flexibility index (Phi) is 12.4. The van der Waals surface area contributed by atoms with Crippen LogP contribution in [0.1, 0.15) is 58.1 Å². The molecule has 0 saturated carbocycles. The minimum Gasteiger partial charge on any atom is -0.344 e. The predicted molar refractivity (Wildman–Crippen MR) is 210 cm³/mol. The van der Waals surface area contributed by atoms with Crippen LogP contribution in [0.4, 0.5) is 0 Å². The Hall–Kier alpha value is -5.58. The summed E-state index contributed by atoms with van der Waals surface area (Å²) in [6.07, 6.45) is 5.79. The van der Waals surface area contributed by atoms with Crippen LogP contribution in [0, 0.1) is 5.92 Å². The summed E-state index contributed by atoms with van der Waals surface area (Å²) in [5.41, 5.74) is 1.90. The van der Waals surface area contributed by atoms with Crippen molar-refractivity contribution in [2.75, 3.05) is 13.1 Å². The van der Waals surface area contributed by atoms with Gasteiger partial charge in [-0.05, 0) is 57.9 Å². The monoisotopic (exact) mass is 729 g/mol. The average Bonchev–Trinajstić information content (AvgIpc) is 3.67. The number of piperazine rings is 1. The van der Waals surface area contributed by atoms with Crippen LogP contribution >= 0.6 is 0 Å². The zero-order valence-electron chi connectivity index (χ0n) is 31.7. The third-order valence-electron chi connectivity index (χ3n) is 10.3. The molecular weight excluding hydrogens is 679 g/mol. The van der Waals surface area contributed by atoms with Gasteiger partial charge in [-0.15, -0.1) is 0 Å². The highest BCUT2D eigenvalue weighted by atomic mass is 16.2. The maximum Gasteiger partial charge on any atom is 0.245 e. The second kappa shape index (κ2) is 17.5. The first-order valence-electron chi connectivity index (χ1n) is 19.0. The summed E-state index contributed by atoms with van der Waals surface area (Å²) in [7, 11) is 0. The van der Waals surface area contributed by atoms with Crippen molar-refractivity contribution in [3.8, 4) is 0 Å². The fourth-order valence-corrected chi connectivity index (χ4v) is 7.81. The number of rotatable bonds is 14. The van der Waals surface area contributed by atoms with E-state index in [9.17, 15) is 19.2 Å². The molecule has 1 saturated heterocycles. The molecule has 11 heteroatoms. The van der Waals surface area contributed by atoms with Gasteiger partial charge in [0, 0.05) is 58.4 Å². The number of carbonyl (C=O) groups is 4. The van der Waals surface area contributed by atoms with E-state index in [-0.39, 0.29) is 41.6 Å². The van der Waals surface area contributed by atoms with Crippen LogP contribution in [0.3, 0.4) is 0 Å². The summed E-state index contributed by atoms with van der Waals surface area (Å²) in [4.78, 5) is 62.5. The summed E-state index contributed by atoms with van der Waals surface area (Å²) in [6, 6.07) is 26.2. The Morgan fingerprint density at radius 2 is 1.20 bits per heavy atom. The number of hydrogen-bond donors (Lipinski definition) is 2. The molecule has 1 aliphatic rings. The Morgan fingerprint density at radius 1 is 0.704 bits per heavy atom. The second-order valence-electron chi connectivity index (χ2n) is 15.0. The van der Waals surface area contributed by atoms with Crippen LogP contribution in [0.5, 0.6) is 0 Å². The van der Waals surface area contributed by atoms with Crippen LogP contribution in [0.15, 0.2) is 97.6 Å². The highest BCUT2D eigenvalue weighted by molar-refractivity contribution is 5.90. The van der Waals surface area contributed by atoms with Gasteiger partial charge < -0.3 is 20.4 Å². The SMILES string of the molecule is CC(=O)NC(Cc1ccc2ccccc2c1)C(=O)N1C[C@H](CCCn2cncn2)N(C(=O)[C@@H](Cc2ccc3ccccc3c2)NC(C)=O)C[C@H]1CC(C)C. The molecule has 2 heterocycles. The molecule has 0 radical (unpaired) electrons. The van der Waals surface area contributed by atoms with Crippen molar-refractivity contribution in [2.45, 2.75) is 90.5 Å². The number of fused-ring (bicyclic) bond motifs is 2. The van der Waals surface area contributed by atoms with Crippen molar-refractivity contribution in [2.24, 2.45) is 5.92 Å². The normalized spacial score (nSPS) is 17.1. The molecule has 0 aliphatic carbocycles. The van der Waals surface area contributed by atoms with Gasteiger partial charge in [-0.3, -0.25) is 23.9 Å². The molecule has 1 unspecified atom stereocenters. The van der Waals surface area contributed by atoms with E-state index in [1.807, 2.05) is 82.6 Å². The van der Waals surface area contributed by atoms with E-state index >= 15 is 0 Å². The van der Waals surface area contributed by atoms with Gasteiger partial charge in [0.2, 0.25) is 23.6 Å². The first-order chi connectivity index (χ1) is 26.0. The molecule has 4 amide bonds. The predicted octanol–water partition coefficient (Wildman–Crippen LogP) is 5.31. The highest BCUT2D eigenvalue weighted by Gasteiger charge is 2.42. The Morgan fingerprint density at radius 3 is 1.69 bits per heavy atom. The van der Waals surface area contributed by atoms with Crippen molar-refractivity contribution < 1.29 is 19.2 Å². The Bertz CT molecular complexity index is 2080. The summed E-state index contributed by atoms with van der Waals surface area (Å²) < 4.78 is 1.76. The molecule has 0 spiro atoms. The maximum atomic E-state index is 14.8. The fourth-order valence-electron chi connectivity index (χ4n) is 7.81. The van der Waals surface area contributed by atoms with Gasteiger partial charge in [-0.25, -0.2) is 4.98 Å². The quantitative estimate of drug-likeness (QED) is 0.159. The zero-order valence-corrected chi connectivity index (χ0v) is 31.7. The molecule has 6 rings (SSSR count). The molecule has 2 N–H and O–H groups in total. The first kappa shape index (κ1) is 38.2. The molecule has 1 aromatic heterocycles. The maximum absolute atomic E-state index is 14.8. The lowest BCUT2D eigenvalue weighted by molar-refractivity contribution is -0.151. The van der Waals surface area contributed by atoms with Gasteiger partial charge in [0.25, 0.3) is 0 Å². The summed E-state index contributed by atoms with van der Waals surface area (Å²) >= 11 is 0. The lowest BCUT2D eigenvalue weighted by Crippen LogP contribution is -2.66. The Labute approximate surface area is 317 Å². The van der Waals surface area contributed by atoms with Gasteiger partial charge in [0.1, 0.15) is 24.7 Å². The third kappa shape index (κ3) is 9.69. The molecule has 5 aromatic rings. The molecular formula is C43H51N7O4. The van der Waals surface area contributed by atoms with E-state index in [4.69, 9.17) is 0 Å². The number of benzene rings is 4. The van der Waals surface area contributed by atoms with Crippen molar-refractivity contribution in [1.29, 1.82) is 0 Å². The fraction of sp³-hybridized carbons (Fsp3) is 0.395. The molecule has 1 aliphatic heterocycles. The lowest BCUT2D eigenvalue weighted by atomic mass is 9.92. The van der Waals surface area contributed by atoms with E-state index in [1.165, 1.54) is 20.2 Å². The summed E-state index contributed by atoms with van der Waals surface area (Å²) in [5.74, 6) is -0.656. The zero-order chi connectivity index (χ0) is 38.2. The van der Waals surface area contributed by atoms with Crippen LogP contribution in [-0.2, 0) is 38.6 Å². The minimum atomic E-state index is -0.788. The highest BCUT2D eigenvalue weighted by Crippen LogP contribution is 2.27. The number of aryl methyl sites for hydroxylation is 1. The van der Waals surface area contributed by atoms with Crippen LogP contribution in [-0.4, -0.2) is 85.4 Å². The van der Waals surface area contributed by atoms with E-state index < -0.39 is 12.1 Å². The summed E-state index contributed by atoms with van der Waals surface area (Å²) in [6.45, 7) is 8.31. The molecule has 0 bridgehead atoms. The van der Waals surface area contributed by atoms with Gasteiger partial charge in [-0.2, -0.15) is 5.10 Å². The standard InChI is InChI=1S/C43H51N7O4/c1-29(2)20-39-26-49(42(53)40(46-30(3)51)23-32-15-17-34-10-5-7-12-36(34)21-32)38(14-9-19-48-28-44-27-45-48)25-50(39)43(54)41(47-31(4)52)24-33-16-18-35-11-6-8-13-37(35)22-33/h5-8,10-13,15-18,21-22,27-29,38-41H,9,14,19-20,23-26H2,1-4H3,(H,46,51)(H,47,52)/t38-,39+,40+,41?/m0/s1.